The van der Waals surface area contributed by atoms with Crippen LogP contribution < -0.4 is 5.73 Å². The van der Waals surface area contributed by atoms with Crippen LogP contribution in [0.3, 0.4) is 0 Å². The first-order valence-electron chi connectivity index (χ1n) is 4.49. The van der Waals surface area contributed by atoms with Crippen molar-refractivity contribution in [2.24, 2.45) is 5.73 Å². The van der Waals surface area contributed by atoms with E-state index in [-0.39, 0.29) is 6.10 Å². The molecule has 3 nitrogen and oxygen atoms in total. The fraction of sp³-hybridized carbons (Fsp3) is 1.00. The van der Waals surface area contributed by atoms with Gasteiger partial charge in [-0.05, 0) is 32.6 Å². The van der Waals surface area contributed by atoms with Gasteiger partial charge in [-0.3, -0.25) is 0 Å². The second-order valence-electron chi connectivity index (χ2n) is 3.27. The van der Waals surface area contributed by atoms with Crippen molar-refractivity contribution in [2.75, 3.05) is 25.2 Å². The molecule has 0 aromatic heterocycles. The first-order chi connectivity index (χ1) is 5.98. The number of aliphatic hydroxyl groups is 1. The molecule has 3 N–H and O–H groups in total. The summed E-state index contributed by atoms with van der Waals surface area (Å²) >= 11 is 4.45. The van der Waals surface area contributed by atoms with Crippen molar-refractivity contribution >= 4 is 21.0 Å². The van der Waals surface area contributed by atoms with Crippen LogP contribution in [-0.2, 0) is 4.18 Å². The van der Waals surface area contributed by atoms with Gasteiger partial charge < -0.3 is 15.0 Å². The predicted octanol–water partition coefficient (Wildman–Crippen LogP) is 1.32. The van der Waals surface area contributed by atoms with Gasteiger partial charge in [0, 0.05) is 5.75 Å². The number of nitrogens with two attached hydrogens (primary N) is 1. The van der Waals surface area contributed by atoms with Gasteiger partial charge in [0.05, 0.1) is 12.7 Å². The minimum absolute atomic E-state index is 0.293. The lowest BCUT2D eigenvalue weighted by molar-refractivity contribution is 0.161. The number of rotatable bonds is 7. The summed E-state index contributed by atoms with van der Waals surface area (Å²) < 4.78 is 5.57. The molecule has 0 heterocycles. The fourth-order valence-electron chi connectivity index (χ4n) is 0.808. The van der Waals surface area contributed by atoms with Gasteiger partial charge in [0.25, 0.3) is 0 Å². The number of hydrogen-bond donors (Lipinski definition) is 3. The third kappa shape index (κ3) is 8.90. The SMILES string of the molecule is CC(O)CCOS(C)(S)CCCN. The van der Waals surface area contributed by atoms with E-state index < -0.39 is 9.34 Å². The van der Waals surface area contributed by atoms with Crippen molar-refractivity contribution in [3.8, 4) is 0 Å². The van der Waals surface area contributed by atoms with E-state index in [0.29, 0.717) is 19.6 Å². The van der Waals surface area contributed by atoms with Gasteiger partial charge in [-0.1, -0.05) is 9.34 Å². The molecular formula is C8H21NO2S2. The van der Waals surface area contributed by atoms with E-state index >= 15 is 0 Å². The van der Waals surface area contributed by atoms with E-state index in [1.54, 1.807) is 6.92 Å². The van der Waals surface area contributed by atoms with E-state index in [2.05, 4.69) is 11.7 Å². The lowest BCUT2D eigenvalue weighted by Gasteiger charge is -2.29. The monoisotopic (exact) mass is 227 g/mol. The zero-order chi connectivity index (χ0) is 10.3. The van der Waals surface area contributed by atoms with Gasteiger partial charge in [0.2, 0.25) is 0 Å². The number of thiol groups is 1. The minimum Gasteiger partial charge on any atom is -0.393 e. The fourth-order valence-corrected chi connectivity index (χ4v) is 2.69. The molecule has 13 heavy (non-hydrogen) atoms. The first kappa shape index (κ1) is 13.6. The molecule has 0 aliphatic carbocycles. The summed E-state index contributed by atoms with van der Waals surface area (Å²) in [6, 6.07) is 0. The van der Waals surface area contributed by atoms with Crippen molar-refractivity contribution in [1.29, 1.82) is 0 Å². The summed E-state index contributed by atoms with van der Waals surface area (Å²) in [6.45, 7) is 3.02. The molecule has 0 saturated heterocycles. The molecule has 0 aromatic carbocycles. The summed E-state index contributed by atoms with van der Waals surface area (Å²) in [5.74, 6) is 0.923. The van der Waals surface area contributed by atoms with Gasteiger partial charge in [0.15, 0.2) is 0 Å². The van der Waals surface area contributed by atoms with Crippen LogP contribution in [0.1, 0.15) is 19.8 Å². The molecule has 0 fully saturated rings. The summed E-state index contributed by atoms with van der Waals surface area (Å²) in [7, 11) is -1.24. The Morgan fingerprint density at radius 3 is 2.69 bits per heavy atom. The Morgan fingerprint density at radius 1 is 1.62 bits per heavy atom. The highest BCUT2D eigenvalue weighted by atomic mass is 33.1. The molecule has 82 valence electrons. The van der Waals surface area contributed by atoms with E-state index in [4.69, 9.17) is 15.0 Å². The van der Waals surface area contributed by atoms with Gasteiger partial charge in [-0.25, -0.2) is 0 Å². The predicted molar refractivity (Wildman–Crippen MR) is 63.3 cm³/mol. The summed E-state index contributed by atoms with van der Waals surface area (Å²) in [4.78, 5) is 0. The van der Waals surface area contributed by atoms with E-state index in [1.807, 2.05) is 6.26 Å². The molecule has 0 radical (unpaired) electrons. The van der Waals surface area contributed by atoms with Gasteiger partial charge in [-0.2, -0.15) is 0 Å². The standard InChI is InChI=1S/C8H21NO2S2/c1-8(10)4-6-11-13(2,12)7-3-5-9/h8,10,12H,3-7,9H2,1-2H3. The molecule has 0 amide bonds. The summed E-state index contributed by atoms with van der Waals surface area (Å²) in [5.41, 5.74) is 5.40. The highest BCUT2D eigenvalue weighted by Gasteiger charge is 2.12. The van der Waals surface area contributed by atoms with Crippen molar-refractivity contribution in [1.82, 2.24) is 0 Å². The molecule has 0 aliphatic heterocycles. The molecule has 0 bridgehead atoms. The van der Waals surface area contributed by atoms with Gasteiger partial charge in [-0.15, -0.1) is 11.7 Å². The molecule has 2 atom stereocenters. The van der Waals surface area contributed by atoms with E-state index in [1.165, 1.54) is 0 Å². The Morgan fingerprint density at radius 2 is 2.23 bits per heavy atom. The Labute approximate surface area is 87.4 Å². The van der Waals surface area contributed by atoms with Crippen LogP contribution in [0.25, 0.3) is 0 Å². The Kier molecular flexibility index (Phi) is 7.26. The lowest BCUT2D eigenvalue weighted by Crippen LogP contribution is -2.10. The maximum absolute atomic E-state index is 9.01. The Hall–Kier alpha value is 0.580. The molecule has 0 aliphatic rings. The normalized spacial score (nSPS) is 20.7. The Bertz CT molecular complexity index is 131. The minimum atomic E-state index is -1.24. The molecule has 5 heteroatoms. The smallest absolute Gasteiger partial charge is 0.0626 e. The number of hydrogen-bond acceptors (Lipinski definition) is 4. The van der Waals surface area contributed by atoms with Crippen LogP contribution in [-0.4, -0.2) is 36.4 Å². The van der Waals surface area contributed by atoms with Crippen LogP contribution in [0, 0.1) is 0 Å². The van der Waals surface area contributed by atoms with Crippen LogP contribution in [0.5, 0.6) is 0 Å². The molecular weight excluding hydrogens is 206 g/mol. The topological polar surface area (TPSA) is 55.5 Å². The lowest BCUT2D eigenvalue weighted by atomic mass is 10.3. The third-order valence-electron chi connectivity index (χ3n) is 1.60. The van der Waals surface area contributed by atoms with Crippen LogP contribution >= 0.6 is 21.0 Å². The zero-order valence-electron chi connectivity index (χ0n) is 8.40. The third-order valence-corrected chi connectivity index (χ3v) is 4.18. The van der Waals surface area contributed by atoms with Crippen LogP contribution in [0.2, 0.25) is 0 Å². The van der Waals surface area contributed by atoms with Crippen molar-refractivity contribution < 1.29 is 9.29 Å². The van der Waals surface area contributed by atoms with E-state index in [9.17, 15) is 0 Å². The van der Waals surface area contributed by atoms with Crippen molar-refractivity contribution in [3.63, 3.8) is 0 Å². The molecule has 0 saturated carbocycles. The molecule has 0 aromatic rings. The van der Waals surface area contributed by atoms with Gasteiger partial charge >= 0.3 is 0 Å². The van der Waals surface area contributed by atoms with Crippen molar-refractivity contribution in [2.45, 2.75) is 25.9 Å². The second kappa shape index (κ2) is 6.95. The highest BCUT2D eigenvalue weighted by molar-refractivity contribution is 8.85. The average Bonchev–Trinajstić information content (AvgIpc) is 2.00. The second-order valence-corrected chi connectivity index (χ2v) is 8.15. The summed E-state index contributed by atoms with van der Waals surface area (Å²) in [6.07, 6.45) is 3.34. The maximum atomic E-state index is 9.01. The summed E-state index contributed by atoms with van der Waals surface area (Å²) in [5, 5.41) is 9.01. The average molecular weight is 227 g/mol. The number of aliphatic hydroxyl groups excluding tert-OH is 1. The zero-order valence-corrected chi connectivity index (χ0v) is 10.1. The van der Waals surface area contributed by atoms with Crippen LogP contribution in [0.4, 0.5) is 0 Å². The van der Waals surface area contributed by atoms with Crippen LogP contribution in [0.15, 0.2) is 0 Å². The molecule has 0 spiro atoms. The maximum Gasteiger partial charge on any atom is 0.0626 e. The van der Waals surface area contributed by atoms with Crippen molar-refractivity contribution in [3.05, 3.63) is 0 Å². The Balaban J connectivity index is 3.50. The molecule has 2 unspecified atom stereocenters. The van der Waals surface area contributed by atoms with Gasteiger partial charge in [0.1, 0.15) is 0 Å². The van der Waals surface area contributed by atoms with E-state index in [0.717, 1.165) is 12.2 Å². The largest absolute Gasteiger partial charge is 0.393 e. The highest BCUT2D eigenvalue weighted by Crippen LogP contribution is 2.50. The quantitative estimate of drug-likeness (QED) is 0.454. The first-order valence-corrected chi connectivity index (χ1v) is 7.67. The molecule has 0 rings (SSSR count).